The fourth-order valence-corrected chi connectivity index (χ4v) is 1.79. The van der Waals surface area contributed by atoms with Crippen LogP contribution in [0.15, 0.2) is 53.7 Å². The van der Waals surface area contributed by atoms with Crippen molar-refractivity contribution in [1.82, 2.24) is 0 Å². The van der Waals surface area contributed by atoms with Crippen LogP contribution in [0.1, 0.15) is 5.56 Å². The SMILES string of the molecule is O=C(Nc1cccc(Cl)c1)O/N=C\c1ccccc1Cl. The summed E-state index contributed by atoms with van der Waals surface area (Å²) in [4.78, 5) is 16.1. The Kier molecular flexibility index (Phi) is 4.98. The summed E-state index contributed by atoms with van der Waals surface area (Å²) in [6, 6.07) is 13.8. The Hall–Kier alpha value is -2.04. The van der Waals surface area contributed by atoms with Crippen molar-refractivity contribution >= 4 is 41.2 Å². The molecule has 2 aromatic rings. The summed E-state index contributed by atoms with van der Waals surface area (Å²) < 4.78 is 0. The summed E-state index contributed by atoms with van der Waals surface area (Å²) in [6.07, 6.45) is 0.649. The number of oxime groups is 1. The van der Waals surface area contributed by atoms with Crippen molar-refractivity contribution in [2.24, 2.45) is 5.16 Å². The van der Waals surface area contributed by atoms with Gasteiger partial charge in [0.25, 0.3) is 0 Å². The number of nitrogens with zero attached hydrogens (tertiary/aromatic N) is 1. The molecule has 0 unspecified atom stereocenters. The molecule has 0 aliphatic heterocycles. The Bertz CT molecular complexity index is 645. The molecule has 20 heavy (non-hydrogen) atoms. The van der Waals surface area contributed by atoms with Gasteiger partial charge in [-0.25, -0.2) is 4.79 Å². The van der Waals surface area contributed by atoms with E-state index in [1.165, 1.54) is 6.21 Å². The molecule has 6 heteroatoms. The van der Waals surface area contributed by atoms with Gasteiger partial charge in [0.15, 0.2) is 0 Å². The molecule has 0 radical (unpaired) electrons. The van der Waals surface area contributed by atoms with Crippen LogP contribution in [0.2, 0.25) is 10.0 Å². The quantitative estimate of drug-likeness (QED) is 0.513. The largest absolute Gasteiger partial charge is 0.437 e. The maximum Gasteiger partial charge on any atom is 0.437 e. The van der Waals surface area contributed by atoms with Gasteiger partial charge in [0.2, 0.25) is 0 Å². The molecule has 0 saturated carbocycles. The Balaban J connectivity index is 1.91. The Morgan fingerprint density at radius 1 is 1.15 bits per heavy atom. The number of carbonyl (C=O) groups excluding carboxylic acids is 1. The zero-order valence-corrected chi connectivity index (χ0v) is 11.7. The predicted octanol–water partition coefficient (Wildman–Crippen LogP) is 4.58. The molecule has 2 rings (SSSR count). The normalized spacial score (nSPS) is 10.5. The average Bonchev–Trinajstić information content (AvgIpc) is 2.41. The summed E-state index contributed by atoms with van der Waals surface area (Å²) in [5.41, 5.74) is 1.18. The lowest BCUT2D eigenvalue weighted by Gasteiger charge is -2.02. The summed E-state index contributed by atoms with van der Waals surface area (Å²) >= 11 is 11.7. The molecule has 0 fully saturated rings. The molecular formula is C14H10Cl2N2O2. The number of hydrogen-bond acceptors (Lipinski definition) is 3. The second-order valence-corrected chi connectivity index (χ2v) is 4.61. The molecule has 1 amide bonds. The minimum Gasteiger partial charge on any atom is -0.298 e. The highest BCUT2D eigenvalue weighted by atomic mass is 35.5. The topological polar surface area (TPSA) is 50.7 Å². The van der Waals surface area contributed by atoms with Crippen LogP contribution >= 0.6 is 23.2 Å². The van der Waals surface area contributed by atoms with E-state index < -0.39 is 6.09 Å². The molecule has 0 heterocycles. The van der Waals surface area contributed by atoms with E-state index in [4.69, 9.17) is 23.2 Å². The first-order valence-electron chi connectivity index (χ1n) is 5.66. The number of hydrogen-bond donors (Lipinski definition) is 1. The second-order valence-electron chi connectivity index (χ2n) is 3.77. The molecule has 0 aromatic heterocycles. The smallest absolute Gasteiger partial charge is 0.298 e. The third-order valence-corrected chi connectivity index (χ3v) is 2.88. The highest BCUT2D eigenvalue weighted by Gasteiger charge is 2.03. The molecule has 0 spiro atoms. The number of halogens is 2. The number of carbonyl (C=O) groups is 1. The van der Waals surface area contributed by atoms with Crippen molar-refractivity contribution in [2.45, 2.75) is 0 Å². The lowest BCUT2D eigenvalue weighted by molar-refractivity contribution is 0.167. The first-order chi connectivity index (χ1) is 9.65. The number of anilines is 1. The van der Waals surface area contributed by atoms with E-state index in [0.717, 1.165) is 0 Å². The molecule has 1 N–H and O–H groups in total. The van der Waals surface area contributed by atoms with E-state index in [2.05, 4.69) is 15.3 Å². The molecule has 0 aliphatic carbocycles. The minimum atomic E-state index is -0.712. The predicted molar refractivity (Wildman–Crippen MR) is 80.6 cm³/mol. The van der Waals surface area contributed by atoms with Crippen molar-refractivity contribution < 1.29 is 9.63 Å². The van der Waals surface area contributed by atoms with E-state index in [-0.39, 0.29) is 0 Å². The van der Waals surface area contributed by atoms with Crippen LogP contribution in [0.4, 0.5) is 10.5 Å². The van der Waals surface area contributed by atoms with Crippen LogP contribution < -0.4 is 5.32 Å². The molecular weight excluding hydrogens is 299 g/mol. The molecule has 0 saturated heterocycles. The average molecular weight is 309 g/mol. The van der Waals surface area contributed by atoms with E-state index in [9.17, 15) is 4.79 Å². The second kappa shape index (κ2) is 6.93. The van der Waals surface area contributed by atoms with Crippen molar-refractivity contribution in [2.75, 3.05) is 5.32 Å². The standard InChI is InChI=1S/C14H10Cl2N2O2/c15-11-5-3-6-12(8-11)18-14(19)20-17-9-10-4-1-2-7-13(10)16/h1-9H,(H,18,19)/b17-9-. The molecule has 0 atom stereocenters. The van der Waals surface area contributed by atoms with Gasteiger partial charge in [-0.1, -0.05) is 52.6 Å². The van der Waals surface area contributed by atoms with Crippen LogP contribution in [0.25, 0.3) is 0 Å². The third kappa shape index (κ3) is 4.26. The molecule has 102 valence electrons. The van der Waals surface area contributed by atoms with Crippen LogP contribution in [-0.4, -0.2) is 12.3 Å². The van der Waals surface area contributed by atoms with Gasteiger partial charge < -0.3 is 0 Å². The van der Waals surface area contributed by atoms with Crippen LogP contribution in [0.3, 0.4) is 0 Å². The van der Waals surface area contributed by atoms with Gasteiger partial charge >= 0.3 is 6.09 Å². The number of amides is 1. The first-order valence-corrected chi connectivity index (χ1v) is 6.42. The number of rotatable bonds is 3. The highest BCUT2D eigenvalue weighted by Crippen LogP contribution is 2.15. The monoisotopic (exact) mass is 308 g/mol. The van der Waals surface area contributed by atoms with E-state index >= 15 is 0 Å². The summed E-state index contributed by atoms with van der Waals surface area (Å²) in [5, 5.41) is 7.10. The van der Waals surface area contributed by atoms with Crippen molar-refractivity contribution in [3.05, 3.63) is 64.1 Å². The lowest BCUT2D eigenvalue weighted by atomic mass is 10.2. The van der Waals surface area contributed by atoms with Crippen LogP contribution in [0, 0.1) is 0 Å². The van der Waals surface area contributed by atoms with Crippen molar-refractivity contribution in [3.8, 4) is 0 Å². The van der Waals surface area contributed by atoms with E-state index in [0.29, 0.717) is 21.3 Å². The van der Waals surface area contributed by atoms with Gasteiger partial charge in [0.1, 0.15) is 0 Å². The fraction of sp³-hybridized carbons (Fsp3) is 0. The number of nitrogens with one attached hydrogen (secondary N) is 1. The Morgan fingerprint density at radius 2 is 1.95 bits per heavy atom. The summed E-state index contributed by atoms with van der Waals surface area (Å²) in [7, 11) is 0. The van der Waals surface area contributed by atoms with E-state index in [1.54, 1.807) is 48.5 Å². The van der Waals surface area contributed by atoms with Gasteiger partial charge in [-0.15, -0.1) is 0 Å². The van der Waals surface area contributed by atoms with E-state index in [1.807, 2.05) is 0 Å². The van der Waals surface area contributed by atoms with Gasteiger partial charge in [0.05, 0.1) is 6.21 Å². The van der Waals surface area contributed by atoms with Gasteiger partial charge in [-0.2, -0.15) is 0 Å². The molecule has 0 aliphatic rings. The van der Waals surface area contributed by atoms with Crippen molar-refractivity contribution in [3.63, 3.8) is 0 Å². The zero-order chi connectivity index (χ0) is 14.4. The maximum atomic E-state index is 11.5. The van der Waals surface area contributed by atoms with Gasteiger partial charge in [-0.3, -0.25) is 10.2 Å². The minimum absolute atomic E-state index is 0.516. The maximum absolute atomic E-state index is 11.5. The summed E-state index contributed by atoms with van der Waals surface area (Å²) in [5.74, 6) is 0. The zero-order valence-electron chi connectivity index (χ0n) is 10.2. The lowest BCUT2D eigenvalue weighted by Crippen LogP contribution is -2.10. The third-order valence-electron chi connectivity index (χ3n) is 2.30. The van der Waals surface area contributed by atoms with Crippen molar-refractivity contribution in [1.29, 1.82) is 0 Å². The Morgan fingerprint density at radius 3 is 2.70 bits per heavy atom. The fourth-order valence-electron chi connectivity index (χ4n) is 1.42. The first kappa shape index (κ1) is 14.4. The number of benzene rings is 2. The highest BCUT2D eigenvalue weighted by molar-refractivity contribution is 6.33. The van der Waals surface area contributed by atoms with Crippen LogP contribution in [-0.2, 0) is 4.84 Å². The van der Waals surface area contributed by atoms with Gasteiger partial charge in [-0.05, 0) is 24.3 Å². The Labute approximate surface area is 125 Å². The molecule has 0 bridgehead atoms. The summed E-state index contributed by atoms with van der Waals surface area (Å²) in [6.45, 7) is 0. The van der Waals surface area contributed by atoms with Gasteiger partial charge in [0, 0.05) is 21.3 Å². The van der Waals surface area contributed by atoms with Crippen LogP contribution in [0.5, 0.6) is 0 Å². The molecule has 2 aromatic carbocycles. The molecule has 4 nitrogen and oxygen atoms in total.